The quantitative estimate of drug-likeness (QED) is 0.555. The third-order valence-corrected chi connectivity index (χ3v) is 7.43. The van der Waals surface area contributed by atoms with Gasteiger partial charge in [0.15, 0.2) is 0 Å². The fourth-order valence-electron chi connectivity index (χ4n) is 5.09. The van der Waals surface area contributed by atoms with E-state index < -0.39 is 5.41 Å². The number of pyridine rings is 1. The van der Waals surface area contributed by atoms with E-state index in [1.807, 2.05) is 47.2 Å². The van der Waals surface area contributed by atoms with E-state index in [1.165, 1.54) is 0 Å². The lowest BCUT2D eigenvalue weighted by atomic mass is 9.71. The number of morpholine rings is 1. The number of rotatable bonds is 5. The molecule has 1 amide bonds. The Hall–Kier alpha value is -3.18. The minimum Gasteiger partial charge on any atom is -0.379 e. The van der Waals surface area contributed by atoms with Crippen molar-refractivity contribution in [1.29, 1.82) is 5.26 Å². The summed E-state index contributed by atoms with van der Waals surface area (Å²) in [6.45, 7) is 3.53. The first-order valence-corrected chi connectivity index (χ1v) is 12.4. The number of ether oxygens (including phenoxy) is 1. The highest BCUT2D eigenvalue weighted by Gasteiger charge is 2.40. The number of benzene rings is 1. The van der Waals surface area contributed by atoms with Gasteiger partial charge in [-0.1, -0.05) is 11.6 Å². The molecule has 5 rings (SSSR count). The number of aromatic nitrogens is 2. The number of anilines is 1. The second-order valence-electron chi connectivity index (χ2n) is 9.24. The van der Waals surface area contributed by atoms with Gasteiger partial charge in [-0.15, -0.1) is 0 Å². The van der Waals surface area contributed by atoms with Crippen molar-refractivity contribution in [2.24, 2.45) is 0 Å². The zero-order valence-electron chi connectivity index (χ0n) is 19.5. The van der Waals surface area contributed by atoms with Gasteiger partial charge in [0.05, 0.1) is 47.8 Å². The molecule has 0 spiro atoms. The predicted octanol–water partition coefficient (Wildman–Crippen LogP) is 4.81. The largest absolute Gasteiger partial charge is 0.379 e. The molecule has 7 nitrogen and oxygen atoms in total. The summed E-state index contributed by atoms with van der Waals surface area (Å²) in [6, 6.07) is 16.0. The number of amides is 1. The molecule has 0 bridgehead atoms. The van der Waals surface area contributed by atoms with Crippen molar-refractivity contribution in [3.8, 4) is 11.8 Å². The SMILES string of the molecule is N#CC1(c2ccc(NC(=O)c3ccn(-c4ccc(Cl)cc4)c3)cn2)CCC(N2CCOCC2)CC1. The van der Waals surface area contributed by atoms with Crippen LogP contribution in [0.3, 0.4) is 0 Å². The monoisotopic (exact) mass is 489 g/mol. The van der Waals surface area contributed by atoms with Gasteiger partial charge in [0.1, 0.15) is 0 Å². The van der Waals surface area contributed by atoms with Gasteiger partial charge in [-0.2, -0.15) is 5.26 Å². The number of carbonyl (C=O) groups is 1. The molecule has 180 valence electrons. The molecule has 3 aromatic rings. The first kappa shape index (κ1) is 23.6. The van der Waals surface area contributed by atoms with Gasteiger partial charge >= 0.3 is 0 Å². The molecule has 0 atom stereocenters. The van der Waals surface area contributed by atoms with E-state index in [1.54, 1.807) is 18.5 Å². The van der Waals surface area contributed by atoms with Gasteiger partial charge in [-0.25, -0.2) is 0 Å². The second kappa shape index (κ2) is 10.2. The summed E-state index contributed by atoms with van der Waals surface area (Å²) in [5.74, 6) is -0.215. The topological polar surface area (TPSA) is 83.2 Å². The Bertz CT molecular complexity index is 1200. The van der Waals surface area contributed by atoms with Gasteiger partial charge in [0.2, 0.25) is 0 Å². The van der Waals surface area contributed by atoms with Crippen LogP contribution in [-0.2, 0) is 10.2 Å². The average Bonchev–Trinajstić information content (AvgIpc) is 3.41. The van der Waals surface area contributed by atoms with Crippen LogP contribution in [0.4, 0.5) is 5.69 Å². The Kier molecular flexibility index (Phi) is 6.87. The summed E-state index contributed by atoms with van der Waals surface area (Å²) in [7, 11) is 0. The van der Waals surface area contributed by atoms with Crippen LogP contribution in [0.1, 0.15) is 41.7 Å². The molecule has 2 aliphatic rings. The number of halogens is 1. The molecule has 1 aliphatic heterocycles. The lowest BCUT2D eigenvalue weighted by Crippen LogP contribution is -2.47. The van der Waals surface area contributed by atoms with E-state index >= 15 is 0 Å². The maximum Gasteiger partial charge on any atom is 0.257 e. The fraction of sp³-hybridized carbons (Fsp3) is 0.370. The van der Waals surface area contributed by atoms with E-state index in [0.29, 0.717) is 22.3 Å². The minimum atomic E-state index is -0.568. The van der Waals surface area contributed by atoms with Crippen molar-refractivity contribution in [1.82, 2.24) is 14.5 Å². The highest BCUT2D eigenvalue weighted by molar-refractivity contribution is 6.30. The summed E-state index contributed by atoms with van der Waals surface area (Å²) in [4.78, 5) is 19.9. The summed E-state index contributed by atoms with van der Waals surface area (Å²) in [5, 5.41) is 13.6. The lowest BCUT2D eigenvalue weighted by molar-refractivity contribution is 0.00493. The van der Waals surface area contributed by atoms with Crippen molar-refractivity contribution in [2.45, 2.75) is 37.1 Å². The van der Waals surface area contributed by atoms with E-state index in [4.69, 9.17) is 16.3 Å². The lowest BCUT2D eigenvalue weighted by Gasteiger charge is -2.41. The maximum atomic E-state index is 12.8. The summed E-state index contributed by atoms with van der Waals surface area (Å²) < 4.78 is 7.35. The van der Waals surface area contributed by atoms with Crippen LogP contribution in [0, 0.1) is 11.3 Å². The zero-order chi connectivity index (χ0) is 24.3. The van der Waals surface area contributed by atoms with Crippen molar-refractivity contribution >= 4 is 23.2 Å². The van der Waals surface area contributed by atoms with Crippen LogP contribution in [0.2, 0.25) is 5.02 Å². The molecular weight excluding hydrogens is 462 g/mol. The molecule has 1 aliphatic carbocycles. The van der Waals surface area contributed by atoms with Crippen LogP contribution >= 0.6 is 11.6 Å². The van der Waals surface area contributed by atoms with Gasteiger partial charge in [0, 0.05) is 42.2 Å². The zero-order valence-corrected chi connectivity index (χ0v) is 20.2. The van der Waals surface area contributed by atoms with E-state index in [2.05, 4.69) is 21.3 Å². The third-order valence-electron chi connectivity index (χ3n) is 7.18. The number of hydrogen-bond acceptors (Lipinski definition) is 5. The van der Waals surface area contributed by atoms with E-state index in [-0.39, 0.29) is 5.91 Å². The standard InChI is InChI=1S/C27H28ClN5O2/c28-21-1-4-23(5-2-21)33-12-9-20(18-33)26(34)31-22-3-6-25(30-17-22)27(19-29)10-7-24(8-11-27)32-13-15-35-16-14-32/h1-6,9,12,17-18,24H,7-8,10-11,13-16H2,(H,31,34). The smallest absolute Gasteiger partial charge is 0.257 e. The molecule has 0 radical (unpaired) electrons. The van der Waals surface area contributed by atoms with Gasteiger partial charge in [-0.05, 0) is 68.1 Å². The molecule has 1 N–H and O–H groups in total. The Balaban J connectivity index is 1.22. The molecule has 1 saturated carbocycles. The number of nitrogens with zero attached hydrogens (tertiary/aromatic N) is 4. The first-order chi connectivity index (χ1) is 17.1. The maximum absolute atomic E-state index is 12.8. The second-order valence-corrected chi connectivity index (χ2v) is 9.68. The van der Waals surface area contributed by atoms with Crippen LogP contribution in [0.15, 0.2) is 61.1 Å². The van der Waals surface area contributed by atoms with Gasteiger partial charge < -0.3 is 14.6 Å². The molecule has 0 unspecified atom stereocenters. The summed E-state index contributed by atoms with van der Waals surface area (Å²) in [5.41, 5.74) is 2.28. The highest BCUT2D eigenvalue weighted by Crippen LogP contribution is 2.40. The average molecular weight is 490 g/mol. The van der Waals surface area contributed by atoms with E-state index in [9.17, 15) is 10.1 Å². The molecule has 8 heteroatoms. The Morgan fingerprint density at radius 2 is 1.86 bits per heavy atom. The molecule has 1 saturated heterocycles. The number of hydrogen-bond donors (Lipinski definition) is 1. The Morgan fingerprint density at radius 1 is 1.11 bits per heavy atom. The van der Waals surface area contributed by atoms with Gasteiger partial charge in [0.25, 0.3) is 5.91 Å². The molecule has 35 heavy (non-hydrogen) atoms. The van der Waals surface area contributed by atoms with Crippen molar-refractivity contribution in [3.63, 3.8) is 0 Å². The van der Waals surface area contributed by atoms with Crippen LogP contribution in [-0.4, -0.2) is 52.7 Å². The Morgan fingerprint density at radius 3 is 2.51 bits per heavy atom. The van der Waals surface area contributed by atoms with Crippen LogP contribution in [0.5, 0.6) is 0 Å². The molecule has 3 heterocycles. The van der Waals surface area contributed by atoms with Crippen LogP contribution in [0.25, 0.3) is 5.69 Å². The fourth-order valence-corrected chi connectivity index (χ4v) is 5.21. The van der Waals surface area contributed by atoms with Crippen LogP contribution < -0.4 is 5.32 Å². The predicted molar refractivity (Wildman–Crippen MR) is 135 cm³/mol. The van der Waals surface area contributed by atoms with Crippen molar-refractivity contribution < 1.29 is 9.53 Å². The number of nitriles is 1. The molecule has 2 aromatic heterocycles. The van der Waals surface area contributed by atoms with Crippen molar-refractivity contribution in [2.75, 3.05) is 31.6 Å². The highest BCUT2D eigenvalue weighted by atomic mass is 35.5. The number of carbonyl (C=O) groups excluding carboxylic acids is 1. The van der Waals surface area contributed by atoms with E-state index in [0.717, 1.165) is 63.4 Å². The summed E-state index contributed by atoms with van der Waals surface area (Å²) >= 11 is 5.96. The van der Waals surface area contributed by atoms with Gasteiger partial charge in [-0.3, -0.25) is 14.7 Å². The number of nitrogens with one attached hydrogen (secondary N) is 1. The molecular formula is C27H28ClN5O2. The normalized spacial score (nSPS) is 22.9. The third kappa shape index (κ3) is 5.10. The van der Waals surface area contributed by atoms with Crippen molar-refractivity contribution in [3.05, 3.63) is 77.3 Å². The minimum absolute atomic E-state index is 0.215. The molecule has 1 aromatic carbocycles. The summed E-state index contributed by atoms with van der Waals surface area (Å²) in [6.07, 6.45) is 8.82. The molecule has 2 fully saturated rings. The first-order valence-electron chi connectivity index (χ1n) is 12.0. The Labute approximate surface area is 210 Å².